The first-order valence-electron chi connectivity index (χ1n) is 8.00. The second-order valence-corrected chi connectivity index (χ2v) is 6.26. The van der Waals surface area contributed by atoms with Crippen LogP contribution in [-0.2, 0) is 4.74 Å². The maximum atomic E-state index is 5.45. The van der Waals surface area contributed by atoms with Gasteiger partial charge in [0.25, 0.3) is 0 Å². The van der Waals surface area contributed by atoms with E-state index in [1.54, 1.807) is 0 Å². The molecule has 0 bridgehead atoms. The Hall–Kier alpha value is -0.0800. The molecule has 0 radical (unpaired) electrons. The lowest BCUT2D eigenvalue weighted by molar-refractivity contribution is 0.0149. The summed E-state index contributed by atoms with van der Waals surface area (Å²) in [6.07, 6.45) is 9.66. The largest absolute Gasteiger partial charge is 0.379 e. The standard InChI is InChI=1S/C16H33NO/c1-4-6-7-8-10-16(3,9-5-2)15-17-11-13-18-14-12-17/h4-15H2,1-3H3. The Balaban J connectivity index is 2.34. The van der Waals surface area contributed by atoms with Gasteiger partial charge >= 0.3 is 0 Å². The molecule has 2 nitrogen and oxygen atoms in total. The first-order valence-corrected chi connectivity index (χ1v) is 8.00. The minimum Gasteiger partial charge on any atom is -0.379 e. The van der Waals surface area contributed by atoms with Crippen molar-refractivity contribution in [2.24, 2.45) is 5.41 Å². The number of hydrogen-bond acceptors (Lipinski definition) is 2. The van der Waals surface area contributed by atoms with Gasteiger partial charge in [-0.1, -0.05) is 52.9 Å². The summed E-state index contributed by atoms with van der Waals surface area (Å²) in [5.74, 6) is 0. The summed E-state index contributed by atoms with van der Waals surface area (Å²) in [5, 5.41) is 0. The molecule has 1 unspecified atom stereocenters. The van der Waals surface area contributed by atoms with Crippen LogP contribution in [0.5, 0.6) is 0 Å². The van der Waals surface area contributed by atoms with E-state index in [4.69, 9.17) is 4.74 Å². The summed E-state index contributed by atoms with van der Waals surface area (Å²) in [6.45, 7) is 12.5. The van der Waals surface area contributed by atoms with Gasteiger partial charge in [0, 0.05) is 19.6 Å². The molecule has 1 fully saturated rings. The van der Waals surface area contributed by atoms with Crippen LogP contribution in [0.1, 0.15) is 65.7 Å². The van der Waals surface area contributed by atoms with Gasteiger partial charge in [-0.05, 0) is 18.3 Å². The van der Waals surface area contributed by atoms with E-state index >= 15 is 0 Å². The number of rotatable bonds is 9. The zero-order valence-electron chi connectivity index (χ0n) is 12.8. The van der Waals surface area contributed by atoms with Crippen molar-refractivity contribution in [3.8, 4) is 0 Å². The first kappa shape index (κ1) is 16.0. The molecular formula is C16H33NO. The van der Waals surface area contributed by atoms with Crippen molar-refractivity contribution in [3.05, 3.63) is 0 Å². The van der Waals surface area contributed by atoms with Crippen molar-refractivity contribution < 1.29 is 4.74 Å². The van der Waals surface area contributed by atoms with Crippen LogP contribution in [0.4, 0.5) is 0 Å². The smallest absolute Gasteiger partial charge is 0.0594 e. The van der Waals surface area contributed by atoms with Crippen LogP contribution >= 0.6 is 0 Å². The number of unbranched alkanes of at least 4 members (excludes halogenated alkanes) is 3. The average Bonchev–Trinajstić information content (AvgIpc) is 2.36. The molecule has 1 aliphatic heterocycles. The maximum Gasteiger partial charge on any atom is 0.0594 e. The van der Waals surface area contributed by atoms with Crippen molar-refractivity contribution in [1.29, 1.82) is 0 Å². The van der Waals surface area contributed by atoms with Gasteiger partial charge in [-0.2, -0.15) is 0 Å². The van der Waals surface area contributed by atoms with Crippen LogP contribution in [0.15, 0.2) is 0 Å². The molecule has 0 aliphatic carbocycles. The van der Waals surface area contributed by atoms with Crippen molar-refractivity contribution in [3.63, 3.8) is 0 Å². The van der Waals surface area contributed by atoms with Crippen LogP contribution in [0.2, 0.25) is 0 Å². The summed E-state index contributed by atoms with van der Waals surface area (Å²) in [6, 6.07) is 0. The lowest BCUT2D eigenvalue weighted by Crippen LogP contribution is -2.42. The lowest BCUT2D eigenvalue weighted by Gasteiger charge is -2.37. The highest BCUT2D eigenvalue weighted by Gasteiger charge is 2.26. The minimum atomic E-state index is 0.528. The van der Waals surface area contributed by atoms with Crippen LogP contribution in [0, 0.1) is 5.41 Å². The van der Waals surface area contributed by atoms with E-state index in [2.05, 4.69) is 25.7 Å². The number of ether oxygens (including phenoxy) is 1. The minimum absolute atomic E-state index is 0.528. The highest BCUT2D eigenvalue weighted by molar-refractivity contribution is 4.79. The molecule has 0 saturated carbocycles. The van der Waals surface area contributed by atoms with Gasteiger partial charge in [0.1, 0.15) is 0 Å². The fourth-order valence-corrected chi connectivity index (χ4v) is 3.16. The topological polar surface area (TPSA) is 12.5 Å². The molecule has 0 aromatic rings. The summed E-state index contributed by atoms with van der Waals surface area (Å²) in [5.41, 5.74) is 0.528. The van der Waals surface area contributed by atoms with Gasteiger partial charge in [-0.25, -0.2) is 0 Å². The van der Waals surface area contributed by atoms with E-state index in [1.165, 1.54) is 51.5 Å². The second-order valence-electron chi connectivity index (χ2n) is 6.26. The normalized spacial score (nSPS) is 20.8. The molecule has 0 aromatic carbocycles. The molecule has 0 aromatic heterocycles. The zero-order chi connectivity index (χ0) is 13.3. The maximum absolute atomic E-state index is 5.45. The fraction of sp³-hybridized carbons (Fsp3) is 1.00. The molecule has 108 valence electrons. The predicted molar refractivity (Wildman–Crippen MR) is 79.0 cm³/mol. The Morgan fingerprint density at radius 2 is 1.67 bits per heavy atom. The Bertz CT molecular complexity index is 201. The average molecular weight is 255 g/mol. The molecule has 1 atom stereocenters. The van der Waals surface area contributed by atoms with Crippen LogP contribution in [0.25, 0.3) is 0 Å². The third-order valence-corrected chi connectivity index (χ3v) is 4.20. The monoisotopic (exact) mass is 255 g/mol. The van der Waals surface area contributed by atoms with Gasteiger partial charge < -0.3 is 4.74 Å². The molecule has 18 heavy (non-hydrogen) atoms. The summed E-state index contributed by atoms with van der Waals surface area (Å²) < 4.78 is 5.45. The Kier molecular flexibility index (Phi) is 7.92. The Labute approximate surface area is 114 Å². The molecule has 2 heteroatoms. The lowest BCUT2D eigenvalue weighted by atomic mass is 9.80. The second kappa shape index (κ2) is 8.92. The third-order valence-electron chi connectivity index (χ3n) is 4.20. The number of nitrogens with zero attached hydrogens (tertiary/aromatic N) is 1. The molecule has 1 saturated heterocycles. The molecule has 1 aliphatic rings. The van der Waals surface area contributed by atoms with Gasteiger partial charge in [0.15, 0.2) is 0 Å². The van der Waals surface area contributed by atoms with E-state index in [1.807, 2.05) is 0 Å². The molecule has 1 rings (SSSR count). The molecular weight excluding hydrogens is 222 g/mol. The SMILES string of the molecule is CCCCCCC(C)(CCC)CN1CCOCC1. The van der Waals surface area contributed by atoms with Crippen molar-refractivity contribution in [1.82, 2.24) is 4.90 Å². The van der Waals surface area contributed by atoms with Crippen LogP contribution in [0.3, 0.4) is 0 Å². The van der Waals surface area contributed by atoms with E-state index in [0.29, 0.717) is 5.41 Å². The van der Waals surface area contributed by atoms with Crippen molar-refractivity contribution >= 4 is 0 Å². The molecule has 0 amide bonds. The summed E-state index contributed by atoms with van der Waals surface area (Å²) >= 11 is 0. The van der Waals surface area contributed by atoms with E-state index < -0.39 is 0 Å². The molecule has 1 heterocycles. The van der Waals surface area contributed by atoms with E-state index in [9.17, 15) is 0 Å². The van der Waals surface area contributed by atoms with Crippen LogP contribution in [-0.4, -0.2) is 37.7 Å². The summed E-state index contributed by atoms with van der Waals surface area (Å²) in [7, 11) is 0. The number of hydrogen-bond donors (Lipinski definition) is 0. The molecule has 0 spiro atoms. The Morgan fingerprint density at radius 1 is 0.944 bits per heavy atom. The highest BCUT2D eigenvalue weighted by Crippen LogP contribution is 2.31. The van der Waals surface area contributed by atoms with E-state index in [0.717, 1.165) is 26.3 Å². The van der Waals surface area contributed by atoms with Crippen molar-refractivity contribution in [2.75, 3.05) is 32.8 Å². The quantitative estimate of drug-likeness (QED) is 0.575. The fourth-order valence-electron chi connectivity index (χ4n) is 3.16. The Morgan fingerprint density at radius 3 is 2.28 bits per heavy atom. The predicted octanol–water partition coefficient (Wildman–Crippen LogP) is 4.10. The van der Waals surface area contributed by atoms with Gasteiger partial charge in [0.2, 0.25) is 0 Å². The first-order chi connectivity index (χ1) is 8.70. The van der Waals surface area contributed by atoms with E-state index in [-0.39, 0.29) is 0 Å². The third kappa shape index (κ3) is 6.19. The van der Waals surface area contributed by atoms with Gasteiger partial charge in [0.05, 0.1) is 13.2 Å². The zero-order valence-corrected chi connectivity index (χ0v) is 12.8. The number of morpholine rings is 1. The van der Waals surface area contributed by atoms with Crippen LogP contribution < -0.4 is 0 Å². The van der Waals surface area contributed by atoms with Gasteiger partial charge in [-0.15, -0.1) is 0 Å². The molecule has 0 N–H and O–H groups in total. The summed E-state index contributed by atoms with van der Waals surface area (Å²) in [4.78, 5) is 2.61. The van der Waals surface area contributed by atoms with Gasteiger partial charge in [-0.3, -0.25) is 4.90 Å². The van der Waals surface area contributed by atoms with Crippen molar-refractivity contribution in [2.45, 2.75) is 65.7 Å². The highest BCUT2D eigenvalue weighted by atomic mass is 16.5.